The van der Waals surface area contributed by atoms with E-state index in [9.17, 15) is 4.79 Å². The quantitative estimate of drug-likeness (QED) is 0.530. The molecular weight excluding hydrogens is 360 g/mol. The maximum Gasteiger partial charge on any atom is 0.255 e. The van der Waals surface area contributed by atoms with Gasteiger partial charge in [-0.2, -0.15) is 5.26 Å². The van der Waals surface area contributed by atoms with Crippen LogP contribution in [-0.2, 0) is 0 Å². The highest BCUT2D eigenvalue weighted by atomic mass is 35.5. The summed E-state index contributed by atoms with van der Waals surface area (Å²) in [5, 5.41) is 12.3. The number of nitriles is 1. The van der Waals surface area contributed by atoms with Crippen LogP contribution in [0.15, 0.2) is 66.7 Å². The molecule has 0 saturated heterocycles. The number of amides is 1. The van der Waals surface area contributed by atoms with Crippen molar-refractivity contribution in [3.05, 3.63) is 82.9 Å². The van der Waals surface area contributed by atoms with E-state index in [1.54, 1.807) is 54.6 Å². The molecule has 27 heavy (non-hydrogen) atoms. The van der Waals surface area contributed by atoms with E-state index >= 15 is 0 Å². The minimum absolute atomic E-state index is 0.228. The number of halogens is 1. The number of imidazole rings is 1. The van der Waals surface area contributed by atoms with Gasteiger partial charge in [-0.05, 0) is 60.7 Å². The molecule has 1 heterocycles. The fraction of sp³-hybridized carbons (Fsp3) is 0. The third kappa shape index (κ3) is 3.52. The zero-order valence-corrected chi connectivity index (χ0v) is 14.8. The summed E-state index contributed by atoms with van der Waals surface area (Å²) in [6.07, 6.45) is 0. The van der Waals surface area contributed by atoms with Crippen molar-refractivity contribution >= 4 is 34.2 Å². The Hall–Kier alpha value is -3.62. The monoisotopic (exact) mass is 372 g/mol. The molecule has 0 radical (unpaired) electrons. The van der Waals surface area contributed by atoms with E-state index in [4.69, 9.17) is 16.9 Å². The molecule has 0 aliphatic carbocycles. The standard InChI is InChI=1S/C21H13ClN4O/c22-16-2-1-3-17(11-16)24-21(27)15-8-9-18-19(10-15)26-20(25-18)14-6-4-13(12-23)5-7-14/h1-11H,(H,24,27)(H,25,26). The second kappa shape index (κ2) is 6.94. The summed E-state index contributed by atoms with van der Waals surface area (Å²) in [5.41, 5.74) is 4.12. The molecule has 0 atom stereocenters. The fourth-order valence-electron chi connectivity index (χ4n) is 2.76. The van der Waals surface area contributed by atoms with Gasteiger partial charge in [-0.25, -0.2) is 4.98 Å². The number of hydrogen-bond donors (Lipinski definition) is 2. The van der Waals surface area contributed by atoms with Gasteiger partial charge in [0.1, 0.15) is 5.82 Å². The third-order valence-corrected chi connectivity index (χ3v) is 4.35. The smallest absolute Gasteiger partial charge is 0.255 e. The molecule has 4 rings (SSSR count). The van der Waals surface area contributed by atoms with Crippen molar-refractivity contribution < 1.29 is 4.79 Å². The summed E-state index contributed by atoms with van der Waals surface area (Å²) in [6.45, 7) is 0. The molecule has 1 aromatic heterocycles. The lowest BCUT2D eigenvalue weighted by molar-refractivity contribution is 0.102. The Morgan fingerprint density at radius 2 is 1.89 bits per heavy atom. The predicted molar refractivity (Wildman–Crippen MR) is 106 cm³/mol. The Balaban J connectivity index is 1.62. The predicted octanol–water partition coefficient (Wildman–Crippen LogP) is 5.01. The van der Waals surface area contributed by atoms with Gasteiger partial charge in [-0.15, -0.1) is 0 Å². The van der Waals surface area contributed by atoms with E-state index in [0.717, 1.165) is 16.6 Å². The Morgan fingerprint density at radius 3 is 2.63 bits per heavy atom. The number of fused-ring (bicyclic) bond motifs is 1. The van der Waals surface area contributed by atoms with Crippen LogP contribution in [0.3, 0.4) is 0 Å². The van der Waals surface area contributed by atoms with Crippen LogP contribution >= 0.6 is 11.6 Å². The lowest BCUT2D eigenvalue weighted by atomic mass is 10.1. The van der Waals surface area contributed by atoms with Crippen molar-refractivity contribution in [3.8, 4) is 17.5 Å². The highest BCUT2D eigenvalue weighted by Gasteiger charge is 2.11. The summed E-state index contributed by atoms with van der Waals surface area (Å²) < 4.78 is 0. The number of hydrogen-bond acceptors (Lipinski definition) is 3. The van der Waals surface area contributed by atoms with Crippen LogP contribution in [-0.4, -0.2) is 15.9 Å². The van der Waals surface area contributed by atoms with Crippen LogP contribution < -0.4 is 5.32 Å². The SMILES string of the molecule is N#Cc1ccc(-c2nc3ccc(C(=O)Nc4cccc(Cl)c4)cc3[nH]2)cc1. The summed E-state index contributed by atoms with van der Waals surface area (Å²) in [4.78, 5) is 20.3. The molecular formula is C21H13ClN4O. The van der Waals surface area contributed by atoms with Crippen molar-refractivity contribution in [1.82, 2.24) is 9.97 Å². The number of carbonyl (C=O) groups excluding carboxylic acids is 1. The molecule has 6 heteroatoms. The van der Waals surface area contributed by atoms with Gasteiger partial charge in [0, 0.05) is 21.8 Å². The van der Waals surface area contributed by atoms with E-state index in [1.165, 1.54) is 0 Å². The molecule has 0 saturated carbocycles. The number of aromatic amines is 1. The molecule has 0 spiro atoms. The maximum absolute atomic E-state index is 12.5. The van der Waals surface area contributed by atoms with Gasteiger partial charge in [0.25, 0.3) is 5.91 Å². The summed E-state index contributed by atoms with van der Waals surface area (Å²) in [6, 6.07) is 21.5. The van der Waals surface area contributed by atoms with Gasteiger partial charge in [0.2, 0.25) is 0 Å². The van der Waals surface area contributed by atoms with Crippen LogP contribution in [0.25, 0.3) is 22.4 Å². The maximum atomic E-state index is 12.5. The first-order valence-corrected chi connectivity index (χ1v) is 8.57. The van der Waals surface area contributed by atoms with Crippen molar-refractivity contribution in [2.45, 2.75) is 0 Å². The molecule has 1 amide bonds. The molecule has 0 fully saturated rings. The minimum atomic E-state index is -0.228. The number of carbonyl (C=O) groups is 1. The molecule has 130 valence electrons. The fourth-order valence-corrected chi connectivity index (χ4v) is 2.95. The number of aromatic nitrogens is 2. The van der Waals surface area contributed by atoms with Crippen molar-refractivity contribution in [2.24, 2.45) is 0 Å². The summed E-state index contributed by atoms with van der Waals surface area (Å²) >= 11 is 5.95. The Bertz CT molecular complexity index is 1190. The topological polar surface area (TPSA) is 81.6 Å². The molecule has 5 nitrogen and oxygen atoms in total. The first-order valence-electron chi connectivity index (χ1n) is 8.19. The Kier molecular flexibility index (Phi) is 4.33. The van der Waals surface area contributed by atoms with Gasteiger partial charge in [0.05, 0.1) is 22.7 Å². The normalized spacial score (nSPS) is 10.5. The number of benzene rings is 3. The summed E-state index contributed by atoms with van der Waals surface area (Å²) in [5.74, 6) is 0.454. The van der Waals surface area contributed by atoms with Crippen molar-refractivity contribution in [2.75, 3.05) is 5.32 Å². The average molecular weight is 373 g/mol. The highest BCUT2D eigenvalue weighted by Crippen LogP contribution is 2.22. The molecule has 2 N–H and O–H groups in total. The van der Waals surface area contributed by atoms with Crippen LogP contribution in [0.1, 0.15) is 15.9 Å². The van der Waals surface area contributed by atoms with Crippen LogP contribution in [0.4, 0.5) is 5.69 Å². The highest BCUT2D eigenvalue weighted by molar-refractivity contribution is 6.31. The molecule has 3 aromatic carbocycles. The number of nitrogens with zero attached hydrogens (tertiary/aromatic N) is 2. The van der Waals surface area contributed by atoms with Crippen molar-refractivity contribution in [1.29, 1.82) is 5.26 Å². The Morgan fingerprint density at radius 1 is 1.07 bits per heavy atom. The first kappa shape index (κ1) is 16.8. The zero-order chi connectivity index (χ0) is 18.8. The van der Waals surface area contributed by atoms with Gasteiger partial charge < -0.3 is 10.3 Å². The minimum Gasteiger partial charge on any atom is -0.338 e. The second-order valence-corrected chi connectivity index (χ2v) is 6.41. The van der Waals surface area contributed by atoms with E-state index in [0.29, 0.717) is 27.7 Å². The molecule has 0 aliphatic rings. The van der Waals surface area contributed by atoms with Crippen molar-refractivity contribution in [3.63, 3.8) is 0 Å². The molecule has 0 unspecified atom stereocenters. The van der Waals surface area contributed by atoms with Crippen LogP contribution in [0.2, 0.25) is 5.02 Å². The van der Waals surface area contributed by atoms with Gasteiger partial charge in [-0.1, -0.05) is 17.7 Å². The number of rotatable bonds is 3. The Labute approximate surface area is 160 Å². The van der Waals surface area contributed by atoms with E-state index in [-0.39, 0.29) is 5.91 Å². The third-order valence-electron chi connectivity index (χ3n) is 4.11. The lowest BCUT2D eigenvalue weighted by Crippen LogP contribution is -2.11. The van der Waals surface area contributed by atoms with Crippen LogP contribution in [0, 0.1) is 11.3 Å². The number of nitrogens with one attached hydrogen (secondary N) is 2. The van der Waals surface area contributed by atoms with Gasteiger partial charge in [0.15, 0.2) is 0 Å². The average Bonchev–Trinajstić information content (AvgIpc) is 3.11. The molecule has 4 aromatic rings. The van der Waals surface area contributed by atoms with Gasteiger partial charge >= 0.3 is 0 Å². The van der Waals surface area contributed by atoms with Crippen LogP contribution in [0.5, 0.6) is 0 Å². The lowest BCUT2D eigenvalue weighted by Gasteiger charge is -2.05. The first-order chi connectivity index (χ1) is 13.1. The van der Waals surface area contributed by atoms with Gasteiger partial charge in [-0.3, -0.25) is 4.79 Å². The largest absolute Gasteiger partial charge is 0.338 e. The van der Waals surface area contributed by atoms with E-state index < -0.39 is 0 Å². The molecule has 0 aliphatic heterocycles. The second-order valence-electron chi connectivity index (χ2n) is 5.97. The van der Waals surface area contributed by atoms with E-state index in [2.05, 4.69) is 21.4 Å². The number of H-pyrrole nitrogens is 1. The number of anilines is 1. The summed E-state index contributed by atoms with van der Waals surface area (Å²) in [7, 11) is 0. The van der Waals surface area contributed by atoms with E-state index in [1.807, 2.05) is 12.1 Å². The zero-order valence-electron chi connectivity index (χ0n) is 14.0. The molecule has 0 bridgehead atoms.